The first-order valence-corrected chi connectivity index (χ1v) is 7.08. The van der Waals surface area contributed by atoms with Crippen LogP contribution in [0.25, 0.3) is 0 Å². The van der Waals surface area contributed by atoms with Gasteiger partial charge in [0.05, 0.1) is 5.69 Å². The van der Waals surface area contributed by atoms with Gasteiger partial charge in [0.1, 0.15) is 0 Å². The highest BCUT2D eigenvalue weighted by Crippen LogP contribution is 2.13. The third-order valence-electron chi connectivity index (χ3n) is 3.48. The zero-order valence-electron chi connectivity index (χ0n) is 12.2. The van der Waals surface area contributed by atoms with E-state index < -0.39 is 0 Å². The SMILES string of the molecule is CCCCN(Cc1cc(NC)ccn1)C(C)CC. The molecule has 1 rings (SSSR count). The molecule has 1 N–H and O–H groups in total. The Kier molecular flexibility index (Phi) is 6.73. The van der Waals surface area contributed by atoms with E-state index in [1.165, 1.54) is 19.3 Å². The van der Waals surface area contributed by atoms with Crippen molar-refractivity contribution in [3.63, 3.8) is 0 Å². The molecule has 1 atom stereocenters. The van der Waals surface area contributed by atoms with Crippen LogP contribution in [0.4, 0.5) is 5.69 Å². The molecule has 0 aliphatic heterocycles. The molecule has 0 aromatic carbocycles. The average molecular weight is 249 g/mol. The summed E-state index contributed by atoms with van der Waals surface area (Å²) in [5.74, 6) is 0. The third kappa shape index (κ3) is 4.65. The number of pyridine rings is 1. The molecule has 102 valence electrons. The molecular formula is C15H27N3. The first-order valence-electron chi connectivity index (χ1n) is 7.08. The summed E-state index contributed by atoms with van der Waals surface area (Å²) in [5.41, 5.74) is 2.29. The van der Waals surface area contributed by atoms with Crippen molar-refractivity contribution in [3.8, 4) is 0 Å². The van der Waals surface area contributed by atoms with E-state index in [9.17, 15) is 0 Å². The molecule has 1 unspecified atom stereocenters. The van der Waals surface area contributed by atoms with Crippen LogP contribution < -0.4 is 5.32 Å². The summed E-state index contributed by atoms with van der Waals surface area (Å²) in [4.78, 5) is 7.00. The van der Waals surface area contributed by atoms with Gasteiger partial charge < -0.3 is 5.32 Å². The van der Waals surface area contributed by atoms with Crippen LogP contribution in [0.3, 0.4) is 0 Å². The van der Waals surface area contributed by atoms with Crippen molar-refractivity contribution < 1.29 is 0 Å². The lowest BCUT2D eigenvalue weighted by molar-refractivity contribution is 0.190. The lowest BCUT2D eigenvalue weighted by Gasteiger charge is -2.28. The number of hydrogen-bond donors (Lipinski definition) is 1. The largest absolute Gasteiger partial charge is 0.388 e. The van der Waals surface area contributed by atoms with Crippen LogP contribution in [0, 0.1) is 0 Å². The first kappa shape index (κ1) is 15.0. The van der Waals surface area contributed by atoms with Crippen LogP contribution in [0.1, 0.15) is 45.7 Å². The molecule has 0 amide bonds. The summed E-state index contributed by atoms with van der Waals surface area (Å²) in [6, 6.07) is 4.77. The Hall–Kier alpha value is -1.09. The van der Waals surface area contributed by atoms with E-state index in [1.807, 2.05) is 19.3 Å². The topological polar surface area (TPSA) is 28.2 Å². The van der Waals surface area contributed by atoms with Crippen LogP contribution in [0.5, 0.6) is 0 Å². The van der Waals surface area contributed by atoms with Gasteiger partial charge in [-0.25, -0.2) is 0 Å². The molecule has 0 bridgehead atoms. The Balaban J connectivity index is 2.68. The molecule has 3 nitrogen and oxygen atoms in total. The highest BCUT2D eigenvalue weighted by atomic mass is 15.2. The smallest absolute Gasteiger partial charge is 0.0564 e. The van der Waals surface area contributed by atoms with Crippen LogP contribution in [0.15, 0.2) is 18.3 Å². The van der Waals surface area contributed by atoms with Gasteiger partial charge in [0, 0.05) is 31.5 Å². The molecule has 1 aromatic heterocycles. The Morgan fingerprint density at radius 2 is 2.17 bits per heavy atom. The minimum Gasteiger partial charge on any atom is -0.388 e. The van der Waals surface area contributed by atoms with E-state index >= 15 is 0 Å². The second kappa shape index (κ2) is 8.09. The predicted octanol–water partition coefficient (Wildman–Crippen LogP) is 3.52. The lowest BCUT2D eigenvalue weighted by Crippen LogP contribution is -2.33. The summed E-state index contributed by atoms with van der Waals surface area (Å²) in [7, 11) is 1.95. The quantitative estimate of drug-likeness (QED) is 0.764. The summed E-state index contributed by atoms with van der Waals surface area (Å²) in [5, 5.41) is 3.17. The molecule has 0 saturated carbocycles. The lowest BCUT2D eigenvalue weighted by atomic mass is 10.2. The third-order valence-corrected chi connectivity index (χ3v) is 3.48. The second-order valence-corrected chi connectivity index (χ2v) is 4.87. The monoisotopic (exact) mass is 249 g/mol. The van der Waals surface area contributed by atoms with Gasteiger partial charge in [0.25, 0.3) is 0 Å². The molecular weight excluding hydrogens is 222 g/mol. The average Bonchev–Trinajstić information content (AvgIpc) is 2.42. The van der Waals surface area contributed by atoms with Crippen molar-refractivity contribution in [2.24, 2.45) is 0 Å². The minimum atomic E-state index is 0.622. The van der Waals surface area contributed by atoms with Gasteiger partial charge in [-0.05, 0) is 38.4 Å². The van der Waals surface area contributed by atoms with E-state index in [1.54, 1.807) is 0 Å². The first-order chi connectivity index (χ1) is 8.71. The van der Waals surface area contributed by atoms with Crippen molar-refractivity contribution in [2.45, 2.75) is 52.6 Å². The van der Waals surface area contributed by atoms with E-state index in [0.717, 1.165) is 24.5 Å². The van der Waals surface area contributed by atoms with Crippen molar-refractivity contribution in [2.75, 3.05) is 18.9 Å². The standard InChI is InChI=1S/C15H27N3/c1-5-7-10-18(13(3)6-2)12-15-11-14(16-4)8-9-17-15/h8-9,11,13H,5-7,10,12H2,1-4H3,(H,16,17). The molecule has 0 aliphatic rings. The molecule has 3 heteroatoms. The van der Waals surface area contributed by atoms with Crippen molar-refractivity contribution in [1.29, 1.82) is 0 Å². The maximum absolute atomic E-state index is 4.47. The highest BCUT2D eigenvalue weighted by molar-refractivity contribution is 5.42. The van der Waals surface area contributed by atoms with Crippen LogP contribution in [-0.4, -0.2) is 29.5 Å². The Morgan fingerprint density at radius 3 is 2.78 bits per heavy atom. The fraction of sp³-hybridized carbons (Fsp3) is 0.667. The number of hydrogen-bond acceptors (Lipinski definition) is 3. The minimum absolute atomic E-state index is 0.622. The van der Waals surface area contributed by atoms with Gasteiger partial charge in [0.15, 0.2) is 0 Å². The number of rotatable bonds is 8. The van der Waals surface area contributed by atoms with E-state index in [4.69, 9.17) is 0 Å². The zero-order valence-corrected chi connectivity index (χ0v) is 12.2. The number of nitrogens with one attached hydrogen (secondary N) is 1. The molecule has 1 heterocycles. The van der Waals surface area contributed by atoms with Gasteiger partial charge in [0.2, 0.25) is 0 Å². The van der Waals surface area contributed by atoms with Crippen LogP contribution >= 0.6 is 0 Å². The maximum Gasteiger partial charge on any atom is 0.0564 e. The van der Waals surface area contributed by atoms with Crippen molar-refractivity contribution in [1.82, 2.24) is 9.88 Å². The summed E-state index contributed by atoms with van der Waals surface area (Å²) < 4.78 is 0. The van der Waals surface area contributed by atoms with E-state index in [0.29, 0.717) is 6.04 Å². The van der Waals surface area contributed by atoms with Crippen LogP contribution in [-0.2, 0) is 6.54 Å². The zero-order chi connectivity index (χ0) is 13.4. The fourth-order valence-electron chi connectivity index (χ4n) is 2.00. The second-order valence-electron chi connectivity index (χ2n) is 4.87. The van der Waals surface area contributed by atoms with Crippen molar-refractivity contribution >= 4 is 5.69 Å². The van der Waals surface area contributed by atoms with E-state index in [-0.39, 0.29) is 0 Å². The van der Waals surface area contributed by atoms with Crippen molar-refractivity contribution in [3.05, 3.63) is 24.0 Å². The predicted molar refractivity (Wildman–Crippen MR) is 78.9 cm³/mol. The molecule has 0 spiro atoms. The Bertz CT molecular complexity index is 338. The van der Waals surface area contributed by atoms with Crippen LogP contribution in [0.2, 0.25) is 0 Å². The van der Waals surface area contributed by atoms with Gasteiger partial charge in [-0.15, -0.1) is 0 Å². The molecule has 1 aromatic rings. The normalized spacial score (nSPS) is 12.7. The van der Waals surface area contributed by atoms with Gasteiger partial charge in [-0.1, -0.05) is 20.3 Å². The Labute approximate surface area is 112 Å². The highest BCUT2D eigenvalue weighted by Gasteiger charge is 2.12. The van der Waals surface area contributed by atoms with Gasteiger partial charge >= 0.3 is 0 Å². The van der Waals surface area contributed by atoms with E-state index in [2.05, 4.69) is 42.0 Å². The van der Waals surface area contributed by atoms with Gasteiger partial charge in [-0.3, -0.25) is 9.88 Å². The summed E-state index contributed by atoms with van der Waals surface area (Å²) in [6.45, 7) is 8.91. The number of unbranched alkanes of at least 4 members (excludes halogenated alkanes) is 1. The number of aromatic nitrogens is 1. The molecule has 0 saturated heterocycles. The fourth-order valence-corrected chi connectivity index (χ4v) is 2.00. The molecule has 0 radical (unpaired) electrons. The molecule has 18 heavy (non-hydrogen) atoms. The number of nitrogens with zero attached hydrogens (tertiary/aromatic N) is 2. The summed E-state index contributed by atoms with van der Waals surface area (Å²) in [6.07, 6.45) is 5.58. The Morgan fingerprint density at radius 1 is 1.39 bits per heavy atom. The molecule has 0 aliphatic carbocycles. The number of anilines is 1. The summed E-state index contributed by atoms with van der Waals surface area (Å²) >= 11 is 0. The maximum atomic E-state index is 4.47. The molecule has 0 fully saturated rings. The van der Waals surface area contributed by atoms with Gasteiger partial charge in [-0.2, -0.15) is 0 Å².